The van der Waals surface area contributed by atoms with Gasteiger partial charge in [0.15, 0.2) is 11.5 Å². The van der Waals surface area contributed by atoms with Crippen LogP contribution in [0.3, 0.4) is 0 Å². The Balaban J connectivity index is 1.52. The summed E-state index contributed by atoms with van der Waals surface area (Å²) in [4.78, 5) is 13.4. The largest absolute Gasteiger partial charge is 0.351 e. The number of aryl methyl sites for hydroxylation is 2. The molecule has 174 valence electrons. The van der Waals surface area contributed by atoms with Crippen LogP contribution < -0.4 is 10.6 Å². The third-order valence-electron chi connectivity index (χ3n) is 5.94. The van der Waals surface area contributed by atoms with E-state index < -0.39 is 5.67 Å². The van der Waals surface area contributed by atoms with E-state index in [2.05, 4.69) is 49.9 Å². The van der Waals surface area contributed by atoms with Gasteiger partial charge < -0.3 is 10.6 Å². The van der Waals surface area contributed by atoms with Crippen molar-refractivity contribution in [2.24, 2.45) is 5.92 Å². The Labute approximate surface area is 200 Å². The fraction of sp³-hybridized carbons (Fsp3) is 0.423. The summed E-state index contributed by atoms with van der Waals surface area (Å²) in [5.74, 6) is 1.41. The molecule has 2 N–H and O–H groups in total. The number of nitrogens with one attached hydrogen (secondary N) is 2. The Morgan fingerprint density at radius 3 is 2.48 bits per heavy atom. The molecule has 1 atom stereocenters. The Morgan fingerprint density at radius 2 is 1.79 bits per heavy atom. The summed E-state index contributed by atoms with van der Waals surface area (Å²) in [6.45, 7) is 4.88. The number of hydrogen-bond donors (Lipinski definition) is 2. The molecule has 0 spiro atoms. The molecule has 1 unspecified atom stereocenters. The van der Waals surface area contributed by atoms with E-state index in [0.717, 1.165) is 30.5 Å². The van der Waals surface area contributed by atoms with Crippen molar-refractivity contribution in [1.29, 1.82) is 0 Å². The summed E-state index contributed by atoms with van der Waals surface area (Å²) in [5, 5.41) is 7.30. The lowest BCUT2D eigenvalue weighted by atomic mass is 10.0. The van der Waals surface area contributed by atoms with Crippen LogP contribution in [0, 0.1) is 12.8 Å². The number of benzene rings is 2. The molecule has 5 nitrogen and oxygen atoms in total. The van der Waals surface area contributed by atoms with Crippen molar-refractivity contribution >= 4 is 29.2 Å². The SMILES string of the molecule is Cc1ccc(Cl)cc1Nc1nc(NC(CCCc2ccccc2)C2CC2)nc(C(C)(C)F)n1. The molecule has 1 saturated carbocycles. The third-order valence-corrected chi connectivity index (χ3v) is 6.18. The minimum atomic E-state index is -1.69. The molecule has 1 heterocycles. The average Bonchev–Trinajstić information content (AvgIpc) is 3.61. The molecule has 7 heteroatoms. The summed E-state index contributed by atoms with van der Waals surface area (Å²) in [6, 6.07) is 16.3. The van der Waals surface area contributed by atoms with Crippen LogP contribution in [0.15, 0.2) is 48.5 Å². The van der Waals surface area contributed by atoms with Crippen LogP contribution in [-0.4, -0.2) is 21.0 Å². The molecular formula is C26H31ClFN5. The van der Waals surface area contributed by atoms with Crippen LogP contribution in [-0.2, 0) is 12.1 Å². The second kappa shape index (κ2) is 10.0. The maximum Gasteiger partial charge on any atom is 0.232 e. The highest BCUT2D eigenvalue weighted by Gasteiger charge is 2.32. The summed E-state index contributed by atoms with van der Waals surface area (Å²) in [7, 11) is 0. The zero-order chi connectivity index (χ0) is 23.4. The number of nitrogens with zero attached hydrogens (tertiary/aromatic N) is 3. The Morgan fingerprint density at radius 1 is 1.06 bits per heavy atom. The highest BCUT2D eigenvalue weighted by atomic mass is 35.5. The zero-order valence-corrected chi connectivity index (χ0v) is 20.2. The highest BCUT2D eigenvalue weighted by molar-refractivity contribution is 6.30. The van der Waals surface area contributed by atoms with Gasteiger partial charge in [-0.15, -0.1) is 0 Å². The van der Waals surface area contributed by atoms with Crippen LogP contribution in [0.5, 0.6) is 0 Å². The normalized spacial score (nSPS) is 14.7. The number of hydrogen-bond acceptors (Lipinski definition) is 5. The molecule has 33 heavy (non-hydrogen) atoms. The average molecular weight is 468 g/mol. The predicted octanol–water partition coefficient (Wildman–Crippen LogP) is 7.00. The Hall–Kier alpha value is -2.73. The van der Waals surface area contributed by atoms with Crippen molar-refractivity contribution in [2.45, 2.75) is 64.6 Å². The van der Waals surface area contributed by atoms with Crippen LogP contribution in [0.1, 0.15) is 56.5 Å². The van der Waals surface area contributed by atoms with E-state index in [-0.39, 0.29) is 11.9 Å². The second-order valence-corrected chi connectivity index (χ2v) is 9.77. The lowest BCUT2D eigenvalue weighted by Gasteiger charge is -2.21. The molecule has 1 aliphatic rings. The highest BCUT2D eigenvalue weighted by Crippen LogP contribution is 2.36. The minimum Gasteiger partial charge on any atom is -0.351 e. The molecule has 1 fully saturated rings. The second-order valence-electron chi connectivity index (χ2n) is 9.33. The number of anilines is 3. The molecule has 3 aromatic rings. The Kier molecular flexibility index (Phi) is 7.13. The van der Waals surface area contributed by atoms with Crippen molar-refractivity contribution in [2.75, 3.05) is 10.6 Å². The van der Waals surface area contributed by atoms with Gasteiger partial charge in [0, 0.05) is 16.8 Å². The summed E-state index contributed by atoms with van der Waals surface area (Å²) in [6.07, 6.45) is 5.50. The number of alkyl halides is 1. The minimum absolute atomic E-state index is 0.0982. The first-order valence-electron chi connectivity index (χ1n) is 11.6. The van der Waals surface area contributed by atoms with Gasteiger partial charge in [-0.2, -0.15) is 15.0 Å². The molecule has 0 aliphatic heterocycles. The van der Waals surface area contributed by atoms with Crippen LogP contribution >= 0.6 is 11.6 Å². The smallest absolute Gasteiger partial charge is 0.232 e. The predicted molar refractivity (Wildman–Crippen MR) is 133 cm³/mol. The first kappa shape index (κ1) is 23.4. The van der Waals surface area contributed by atoms with E-state index in [0.29, 0.717) is 22.8 Å². The van der Waals surface area contributed by atoms with Gasteiger partial charge in [-0.05, 0) is 82.1 Å². The fourth-order valence-corrected chi connectivity index (χ4v) is 4.04. The van der Waals surface area contributed by atoms with Crippen molar-refractivity contribution in [3.05, 3.63) is 70.5 Å². The van der Waals surface area contributed by atoms with Crippen LogP contribution in [0.25, 0.3) is 0 Å². The van der Waals surface area contributed by atoms with Gasteiger partial charge in [-0.25, -0.2) is 4.39 Å². The maximum absolute atomic E-state index is 14.8. The molecule has 1 aliphatic carbocycles. The topological polar surface area (TPSA) is 62.7 Å². The van der Waals surface area contributed by atoms with E-state index in [1.165, 1.54) is 32.3 Å². The van der Waals surface area contributed by atoms with E-state index in [1.54, 1.807) is 0 Å². The molecule has 2 aromatic carbocycles. The standard InChI is InChI=1S/C26H31ClFN5/c1-17-12-15-20(27)16-22(17)30-25-32-23(26(2,3)28)31-24(33-25)29-21(19-13-14-19)11-7-10-18-8-5-4-6-9-18/h4-6,8-9,12,15-16,19,21H,7,10-11,13-14H2,1-3H3,(H2,29,30,31,32,33). The quantitative estimate of drug-likeness (QED) is 0.336. The first-order valence-corrected chi connectivity index (χ1v) is 11.9. The van der Waals surface area contributed by atoms with E-state index in [1.807, 2.05) is 31.2 Å². The maximum atomic E-state index is 14.8. The molecule has 0 bridgehead atoms. The van der Waals surface area contributed by atoms with Gasteiger partial charge in [0.1, 0.15) is 0 Å². The lowest BCUT2D eigenvalue weighted by Crippen LogP contribution is -2.25. The summed E-state index contributed by atoms with van der Waals surface area (Å²) in [5.41, 5.74) is 1.43. The number of rotatable bonds is 10. The molecular weight excluding hydrogens is 437 g/mol. The van der Waals surface area contributed by atoms with E-state index >= 15 is 0 Å². The summed E-state index contributed by atoms with van der Waals surface area (Å²) >= 11 is 6.16. The van der Waals surface area contributed by atoms with Crippen molar-refractivity contribution in [3.63, 3.8) is 0 Å². The van der Waals surface area contributed by atoms with Gasteiger partial charge in [0.05, 0.1) is 0 Å². The van der Waals surface area contributed by atoms with Crippen molar-refractivity contribution in [3.8, 4) is 0 Å². The molecule has 0 radical (unpaired) electrons. The van der Waals surface area contributed by atoms with Crippen molar-refractivity contribution in [1.82, 2.24) is 15.0 Å². The summed E-state index contributed by atoms with van der Waals surface area (Å²) < 4.78 is 14.8. The van der Waals surface area contributed by atoms with E-state index in [4.69, 9.17) is 11.6 Å². The number of aromatic nitrogens is 3. The fourth-order valence-electron chi connectivity index (χ4n) is 3.87. The lowest BCUT2D eigenvalue weighted by molar-refractivity contribution is 0.206. The van der Waals surface area contributed by atoms with Gasteiger partial charge in [0.25, 0.3) is 0 Å². The van der Waals surface area contributed by atoms with Crippen molar-refractivity contribution < 1.29 is 4.39 Å². The Bertz CT molecular complexity index is 1080. The van der Waals surface area contributed by atoms with E-state index in [9.17, 15) is 4.39 Å². The zero-order valence-electron chi connectivity index (χ0n) is 19.4. The van der Waals surface area contributed by atoms with Gasteiger partial charge in [-0.3, -0.25) is 0 Å². The molecule has 1 aromatic heterocycles. The molecule has 0 saturated heterocycles. The van der Waals surface area contributed by atoms with Gasteiger partial charge >= 0.3 is 0 Å². The molecule has 4 rings (SSSR count). The van der Waals surface area contributed by atoms with Gasteiger partial charge in [0.2, 0.25) is 11.9 Å². The van der Waals surface area contributed by atoms with Crippen LogP contribution in [0.4, 0.5) is 22.0 Å². The van der Waals surface area contributed by atoms with Crippen LogP contribution in [0.2, 0.25) is 5.02 Å². The monoisotopic (exact) mass is 467 g/mol. The third kappa shape index (κ3) is 6.64. The van der Waals surface area contributed by atoms with Gasteiger partial charge in [-0.1, -0.05) is 48.0 Å². The first-order chi connectivity index (χ1) is 15.8. The number of halogens is 2. The molecule has 0 amide bonds.